The standard InChI is InChI=1S/C23H16.Pd/c1-2-10-20(9-1)22-13-5-7-18(16-22)15-19-8-6-14-23(17-19)21-11-3-4-12-21;/h1-9,11,13-14,20-21H,15H2;/q-4;. The second kappa shape index (κ2) is 7.76. The Balaban J connectivity index is 0.00000169. The monoisotopic (exact) mass is 398 g/mol. The average molecular weight is 399 g/mol. The molecule has 2 aromatic carbocycles. The van der Waals surface area contributed by atoms with E-state index in [-0.39, 0.29) is 32.3 Å². The van der Waals surface area contributed by atoms with Crippen molar-refractivity contribution in [3.8, 4) is 0 Å². The Morgan fingerprint density at radius 1 is 0.708 bits per heavy atom. The van der Waals surface area contributed by atoms with E-state index in [1.165, 1.54) is 22.3 Å². The molecule has 2 unspecified atom stereocenters. The molecule has 0 saturated heterocycles. The van der Waals surface area contributed by atoms with E-state index in [4.69, 9.17) is 0 Å². The molecule has 0 fully saturated rings. The minimum Gasteiger partial charge on any atom is -0.267 e. The molecule has 0 nitrogen and oxygen atoms in total. The van der Waals surface area contributed by atoms with Gasteiger partial charge in [-0.3, -0.25) is 12.2 Å². The first kappa shape index (κ1) is 16.9. The van der Waals surface area contributed by atoms with Gasteiger partial charge in [0.1, 0.15) is 0 Å². The van der Waals surface area contributed by atoms with Crippen LogP contribution in [0.5, 0.6) is 0 Å². The average Bonchev–Trinajstić information content (AvgIpc) is 3.29. The minimum absolute atomic E-state index is 0. The molecule has 0 aliphatic heterocycles. The summed E-state index contributed by atoms with van der Waals surface area (Å²) in [6, 6.07) is 19.8. The van der Waals surface area contributed by atoms with E-state index in [1.807, 2.05) is 24.3 Å². The Morgan fingerprint density at radius 2 is 1.21 bits per heavy atom. The van der Waals surface area contributed by atoms with Crippen molar-refractivity contribution in [2.75, 3.05) is 0 Å². The largest absolute Gasteiger partial charge is 0.267 e. The molecular weight excluding hydrogens is 383 g/mol. The third kappa shape index (κ3) is 3.75. The number of allylic oxidation sites excluding steroid dienone is 8. The van der Waals surface area contributed by atoms with Crippen LogP contribution in [0.4, 0.5) is 0 Å². The minimum atomic E-state index is 0. The second-order valence-electron chi connectivity index (χ2n) is 5.83. The van der Waals surface area contributed by atoms with Gasteiger partial charge in [0.25, 0.3) is 0 Å². The van der Waals surface area contributed by atoms with Crippen molar-refractivity contribution in [3.63, 3.8) is 0 Å². The van der Waals surface area contributed by atoms with Gasteiger partial charge >= 0.3 is 0 Å². The molecule has 1 heteroatoms. The number of hydrogen-bond donors (Lipinski definition) is 0. The smallest absolute Gasteiger partial charge is 0 e. The van der Waals surface area contributed by atoms with E-state index in [9.17, 15) is 0 Å². The van der Waals surface area contributed by atoms with E-state index in [0.717, 1.165) is 6.42 Å². The summed E-state index contributed by atoms with van der Waals surface area (Å²) in [6.07, 6.45) is 19.8. The van der Waals surface area contributed by atoms with Crippen LogP contribution in [-0.4, -0.2) is 0 Å². The molecule has 4 rings (SSSR count). The molecule has 2 aliphatic rings. The van der Waals surface area contributed by atoms with Crippen LogP contribution >= 0.6 is 0 Å². The summed E-state index contributed by atoms with van der Waals surface area (Å²) in [5, 5.41) is 0. The second-order valence-corrected chi connectivity index (χ2v) is 5.83. The van der Waals surface area contributed by atoms with Gasteiger partial charge in [-0.15, -0.1) is 0 Å². The molecule has 0 radical (unpaired) electrons. The van der Waals surface area contributed by atoms with Crippen molar-refractivity contribution in [2.24, 2.45) is 0 Å². The first-order valence-corrected chi connectivity index (χ1v) is 7.93. The summed E-state index contributed by atoms with van der Waals surface area (Å²) in [6.45, 7) is 0. The van der Waals surface area contributed by atoms with E-state index >= 15 is 0 Å². The fraction of sp³-hybridized carbons (Fsp3) is 0.130. The van der Waals surface area contributed by atoms with Gasteiger partial charge in [0.2, 0.25) is 0 Å². The van der Waals surface area contributed by atoms with Gasteiger partial charge in [-0.25, -0.2) is 24.3 Å². The molecule has 0 heterocycles. The summed E-state index contributed by atoms with van der Waals surface area (Å²) in [5.74, 6) is 0.488. The van der Waals surface area contributed by atoms with Crippen molar-refractivity contribution in [1.82, 2.24) is 0 Å². The fourth-order valence-corrected chi connectivity index (χ4v) is 3.00. The zero-order valence-corrected chi connectivity index (χ0v) is 14.7. The molecule has 0 saturated carbocycles. The molecule has 2 aliphatic carbocycles. The topological polar surface area (TPSA) is 0 Å². The van der Waals surface area contributed by atoms with Gasteiger partial charge in [-0.2, -0.15) is 82.9 Å². The van der Waals surface area contributed by atoms with Crippen LogP contribution in [0, 0.1) is 24.3 Å². The Morgan fingerprint density at radius 3 is 1.62 bits per heavy atom. The van der Waals surface area contributed by atoms with Gasteiger partial charge in [0.15, 0.2) is 0 Å². The molecule has 0 spiro atoms. The number of hydrogen-bond acceptors (Lipinski definition) is 0. The molecule has 0 aromatic heterocycles. The maximum atomic E-state index is 3.53. The van der Waals surface area contributed by atoms with Gasteiger partial charge < -0.3 is 0 Å². The normalized spacial score (nSPS) is 20.5. The summed E-state index contributed by atoms with van der Waals surface area (Å²) in [5.41, 5.74) is 4.75. The molecule has 0 bridgehead atoms. The third-order valence-electron chi connectivity index (χ3n) is 4.16. The summed E-state index contributed by atoms with van der Waals surface area (Å²) < 4.78 is 0. The van der Waals surface area contributed by atoms with Crippen molar-refractivity contribution >= 4 is 0 Å². The first-order valence-electron chi connectivity index (χ1n) is 7.93. The fourth-order valence-electron chi connectivity index (χ4n) is 3.00. The van der Waals surface area contributed by atoms with Crippen molar-refractivity contribution in [2.45, 2.75) is 18.3 Å². The van der Waals surface area contributed by atoms with Crippen molar-refractivity contribution in [1.29, 1.82) is 0 Å². The van der Waals surface area contributed by atoms with Gasteiger partial charge in [0.05, 0.1) is 0 Å². The maximum Gasteiger partial charge on any atom is 0 e. The van der Waals surface area contributed by atoms with E-state index < -0.39 is 0 Å². The van der Waals surface area contributed by atoms with Crippen LogP contribution in [0.3, 0.4) is 0 Å². The number of benzene rings is 2. The molecular formula is C23H16Pd-4. The SMILES string of the molecule is [C-]1=CC=CC1c1[c-]c(Cc2[c-]c(C3[C-]=CC=C3)ccc2)ccc1.[Pd]. The van der Waals surface area contributed by atoms with Crippen LogP contribution in [0.1, 0.15) is 34.1 Å². The van der Waals surface area contributed by atoms with Crippen LogP contribution in [0.2, 0.25) is 0 Å². The predicted molar refractivity (Wildman–Crippen MR) is 92.8 cm³/mol. The van der Waals surface area contributed by atoms with Gasteiger partial charge in [-0.05, 0) is 6.42 Å². The van der Waals surface area contributed by atoms with Crippen LogP contribution < -0.4 is 0 Å². The molecule has 2 aromatic rings. The Bertz CT molecular complexity index is 730. The zero-order chi connectivity index (χ0) is 15.5. The number of rotatable bonds is 4. The predicted octanol–water partition coefficient (Wildman–Crippen LogP) is 4.90. The maximum absolute atomic E-state index is 3.53. The van der Waals surface area contributed by atoms with Crippen molar-refractivity contribution < 1.29 is 20.4 Å². The Hall–Kier alpha value is -1.94. The molecule has 24 heavy (non-hydrogen) atoms. The zero-order valence-electron chi connectivity index (χ0n) is 13.1. The van der Waals surface area contributed by atoms with Crippen LogP contribution in [0.15, 0.2) is 72.9 Å². The Kier molecular flexibility index (Phi) is 5.46. The third-order valence-corrected chi connectivity index (χ3v) is 4.16. The quantitative estimate of drug-likeness (QED) is 0.507. The summed E-state index contributed by atoms with van der Waals surface area (Å²) in [4.78, 5) is 0. The Labute approximate surface area is 158 Å². The molecule has 0 N–H and O–H groups in total. The van der Waals surface area contributed by atoms with Gasteiger partial charge in [-0.1, -0.05) is 11.8 Å². The summed E-state index contributed by atoms with van der Waals surface area (Å²) >= 11 is 0. The molecule has 122 valence electrons. The van der Waals surface area contributed by atoms with E-state index in [1.54, 1.807) is 0 Å². The van der Waals surface area contributed by atoms with E-state index in [0.29, 0.717) is 0 Å². The van der Waals surface area contributed by atoms with Crippen molar-refractivity contribution in [3.05, 3.63) is 119 Å². The van der Waals surface area contributed by atoms with Crippen LogP contribution in [-0.2, 0) is 26.8 Å². The van der Waals surface area contributed by atoms with E-state index in [2.05, 4.69) is 72.8 Å². The molecule has 2 atom stereocenters. The summed E-state index contributed by atoms with van der Waals surface area (Å²) in [7, 11) is 0. The first-order chi connectivity index (χ1) is 11.4. The molecule has 0 amide bonds. The van der Waals surface area contributed by atoms with Crippen LogP contribution in [0.25, 0.3) is 0 Å². The van der Waals surface area contributed by atoms with Gasteiger partial charge in [0, 0.05) is 20.4 Å².